The smallest absolute Gasteiger partial charge is 0.180 e. The molecule has 0 aliphatic carbocycles. The van der Waals surface area contributed by atoms with Gasteiger partial charge in [-0.05, 0) is 24.6 Å². The van der Waals surface area contributed by atoms with Gasteiger partial charge in [0.2, 0.25) is 0 Å². The number of nitrogens with two attached hydrogens (primary N) is 1. The van der Waals surface area contributed by atoms with Crippen LogP contribution in [0.3, 0.4) is 0 Å². The Morgan fingerprint density at radius 1 is 1.40 bits per heavy atom. The van der Waals surface area contributed by atoms with Crippen LogP contribution in [0.15, 0.2) is 36.8 Å². The molecule has 1 aromatic carbocycles. The van der Waals surface area contributed by atoms with Crippen LogP contribution >= 0.6 is 0 Å². The van der Waals surface area contributed by atoms with Crippen molar-refractivity contribution in [3.63, 3.8) is 0 Å². The molecule has 3 N–H and O–H groups in total. The van der Waals surface area contributed by atoms with Crippen LogP contribution in [0, 0.1) is 18.3 Å². The van der Waals surface area contributed by atoms with E-state index in [9.17, 15) is 0 Å². The number of benzene rings is 1. The van der Waals surface area contributed by atoms with E-state index < -0.39 is 0 Å². The number of anilines is 3. The minimum Gasteiger partial charge on any atom is -0.382 e. The summed E-state index contributed by atoms with van der Waals surface area (Å²) in [4.78, 5) is 8.51. The van der Waals surface area contributed by atoms with Crippen LogP contribution in [0.25, 0.3) is 5.65 Å². The molecule has 0 fully saturated rings. The van der Waals surface area contributed by atoms with E-state index in [2.05, 4.69) is 21.4 Å². The van der Waals surface area contributed by atoms with Crippen LogP contribution in [0.4, 0.5) is 17.3 Å². The highest BCUT2D eigenvalue weighted by Crippen LogP contribution is 2.23. The highest BCUT2D eigenvalue weighted by molar-refractivity contribution is 5.73. The van der Waals surface area contributed by atoms with Gasteiger partial charge in [-0.1, -0.05) is 6.07 Å². The maximum Gasteiger partial charge on any atom is 0.180 e. The Kier molecular flexibility index (Phi) is 2.73. The summed E-state index contributed by atoms with van der Waals surface area (Å²) in [5.41, 5.74) is 8.87. The van der Waals surface area contributed by atoms with Crippen molar-refractivity contribution in [2.24, 2.45) is 0 Å². The number of aromatic nitrogens is 3. The molecule has 0 aliphatic rings. The summed E-state index contributed by atoms with van der Waals surface area (Å²) < 4.78 is 1.80. The lowest BCUT2D eigenvalue weighted by atomic mass is 10.1. The predicted molar refractivity (Wildman–Crippen MR) is 76.6 cm³/mol. The fraction of sp³-hybridized carbons (Fsp3) is 0.0714. The number of nitriles is 1. The molecule has 98 valence electrons. The molecule has 3 aromatic rings. The van der Waals surface area contributed by atoms with Crippen molar-refractivity contribution in [3.05, 3.63) is 47.9 Å². The third-order valence-electron chi connectivity index (χ3n) is 3.01. The van der Waals surface area contributed by atoms with Crippen LogP contribution in [0.1, 0.15) is 11.1 Å². The fourth-order valence-corrected chi connectivity index (χ4v) is 1.99. The van der Waals surface area contributed by atoms with Crippen LogP contribution in [0.5, 0.6) is 0 Å². The Balaban J connectivity index is 2.09. The van der Waals surface area contributed by atoms with Gasteiger partial charge in [-0.2, -0.15) is 5.26 Å². The van der Waals surface area contributed by atoms with Gasteiger partial charge in [0.05, 0.1) is 17.8 Å². The minimum atomic E-state index is 0.395. The molecule has 0 spiro atoms. The van der Waals surface area contributed by atoms with Crippen molar-refractivity contribution in [1.29, 1.82) is 5.26 Å². The average molecular weight is 264 g/mol. The van der Waals surface area contributed by atoms with Crippen LogP contribution in [-0.2, 0) is 0 Å². The van der Waals surface area contributed by atoms with Gasteiger partial charge in [0.25, 0.3) is 0 Å². The number of nitrogens with one attached hydrogen (secondary N) is 1. The van der Waals surface area contributed by atoms with Crippen molar-refractivity contribution >= 4 is 23.0 Å². The van der Waals surface area contributed by atoms with E-state index in [4.69, 9.17) is 11.0 Å². The topological polar surface area (TPSA) is 92.0 Å². The molecule has 0 amide bonds. The van der Waals surface area contributed by atoms with Crippen LogP contribution in [0.2, 0.25) is 0 Å². The van der Waals surface area contributed by atoms with Gasteiger partial charge >= 0.3 is 0 Å². The number of rotatable bonds is 2. The van der Waals surface area contributed by atoms with Gasteiger partial charge in [0.1, 0.15) is 5.82 Å². The molecule has 0 radical (unpaired) electrons. The highest BCUT2D eigenvalue weighted by atomic mass is 15.1. The highest BCUT2D eigenvalue weighted by Gasteiger charge is 2.08. The molecule has 20 heavy (non-hydrogen) atoms. The van der Waals surface area contributed by atoms with Crippen molar-refractivity contribution < 1.29 is 0 Å². The second-order valence-electron chi connectivity index (χ2n) is 4.44. The zero-order valence-corrected chi connectivity index (χ0v) is 10.8. The second-order valence-corrected chi connectivity index (χ2v) is 4.44. The van der Waals surface area contributed by atoms with Crippen molar-refractivity contribution in [3.8, 4) is 6.07 Å². The summed E-state index contributed by atoms with van der Waals surface area (Å²) >= 11 is 0. The Bertz CT molecular complexity index is 827. The predicted octanol–water partition coefficient (Wildman–Crippen LogP) is 2.24. The Labute approximate surface area is 115 Å². The average Bonchev–Trinajstić information content (AvgIpc) is 2.89. The molecule has 6 heteroatoms. The normalized spacial score (nSPS) is 10.4. The summed E-state index contributed by atoms with van der Waals surface area (Å²) in [6, 6.07) is 7.56. The van der Waals surface area contributed by atoms with E-state index >= 15 is 0 Å². The molecule has 0 atom stereocenters. The number of nitrogens with zero attached hydrogens (tertiary/aromatic N) is 4. The molecule has 0 bridgehead atoms. The maximum absolute atomic E-state index is 8.97. The first-order valence-corrected chi connectivity index (χ1v) is 6.04. The monoisotopic (exact) mass is 264 g/mol. The van der Waals surface area contributed by atoms with Gasteiger partial charge in [0, 0.05) is 18.1 Å². The number of hydrogen-bond donors (Lipinski definition) is 2. The van der Waals surface area contributed by atoms with E-state index in [1.54, 1.807) is 35.1 Å². The number of fused-ring (bicyclic) bond motifs is 1. The first-order chi connectivity index (χ1) is 9.67. The van der Waals surface area contributed by atoms with E-state index in [-0.39, 0.29) is 0 Å². The zero-order valence-electron chi connectivity index (χ0n) is 10.8. The van der Waals surface area contributed by atoms with Crippen molar-refractivity contribution in [2.75, 3.05) is 11.1 Å². The van der Waals surface area contributed by atoms with E-state index in [1.807, 2.05) is 13.0 Å². The fourth-order valence-electron chi connectivity index (χ4n) is 1.99. The van der Waals surface area contributed by atoms with E-state index in [0.717, 1.165) is 11.3 Å². The third-order valence-corrected chi connectivity index (χ3v) is 3.01. The Hall–Kier alpha value is -3.07. The molecule has 2 heterocycles. The minimum absolute atomic E-state index is 0.395. The lowest BCUT2D eigenvalue weighted by Gasteiger charge is -2.10. The Morgan fingerprint density at radius 3 is 3.05 bits per heavy atom. The summed E-state index contributed by atoms with van der Waals surface area (Å²) in [5.74, 6) is 0.959. The van der Waals surface area contributed by atoms with Crippen LogP contribution < -0.4 is 11.1 Å². The quantitative estimate of drug-likeness (QED) is 0.740. The van der Waals surface area contributed by atoms with Gasteiger partial charge in [-0.25, -0.2) is 9.97 Å². The molecule has 0 unspecified atom stereocenters. The molecule has 0 saturated heterocycles. The first kappa shape index (κ1) is 12.0. The lowest BCUT2D eigenvalue weighted by molar-refractivity contribution is 1.13. The molecule has 0 saturated carbocycles. The third kappa shape index (κ3) is 2.01. The number of nitrogen functional groups attached to an aromatic ring is 1. The second kappa shape index (κ2) is 4.55. The number of hydrogen-bond acceptors (Lipinski definition) is 5. The van der Waals surface area contributed by atoms with Crippen molar-refractivity contribution in [1.82, 2.24) is 14.4 Å². The van der Waals surface area contributed by atoms with E-state index in [1.165, 1.54) is 0 Å². The van der Waals surface area contributed by atoms with E-state index in [0.29, 0.717) is 22.8 Å². The molecular weight excluding hydrogens is 252 g/mol. The molecular formula is C14H12N6. The largest absolute Gasteiger partial charge is 0.382 e. The summed E-state index contributed by atoms with van der Waals surface area (Å²) in [6.45, 7) is 1.96. The molecule has 3 rings (SSSR count). The first-order valence-electron chi connectivity index (χ1n) is 6.04. The van der Waals surface area contributed by atoms with Crippen molar-refractivity contribution in [2.45, 2.75) is 6.92 Å². The zero-order chi connectivity index (χ0) is 14.1. The molecule has 0 aliphatic heterocycles. The molecule has 2 aromatic heterocycles. The van der Waals surface area contributed by atoms with Gasteiger partial charge < -0.3 is 15.5 Å². The maximum atomic E-state index is 8.97. The van der Waals surface area contributed by atoms with Gasteiger partial charge in [-0.15, -0.1) is 0 Å². The van der Waals surface area contributed by atoms with Gasteiger partial charge in [-0.3, -0.25) is 0 Å². The van der Waals surface area contributed by atoms with Gasteiger partial charge in [0.15, 0.2) is 11.5 Å². The van der Waals surface area contributed by atoms with Crippen LogP contribution in [-0.4, -0.2) is 14.4 Å². The number of aryl methyl sites for hydroxylation is 1. The standard InChI is InChI=1S/C14H12N6/c1-9-2-3-10(7-15)6-11(9)18-13-14-17-4-5-20(14)8-12(16)19-13/h2-6,8H,16H2,1H3,(H,18,19). The number of imidazole rings is 1. The Morgan fingerprint density at radius 2 is 2.25 bits per heavy atom. The summed E-state index contributed by atoms with van der Waals surface area (Å²) in [6.07, 6.45) is 5.18. The summed E-state index contributed by atoms with van der Waals surface area (Å²) in [7, 11) is 0. The summed E-state index contributed by atoms with van der Waals surface area (Å²) in [5, 5.41) is 12.2. The lowest BCUT2D eigenvalue weighted by Crippen LogP contribution is -2.03. The SMILES string of the molecule is Cc1ccc(C#N)cc1Nc1nc(N)cn2ccnc12. The molecule has 6 nitrogen and oxygen atoms in total.